The summed E-state index contributed by atoms with van der Waals surface area (Å²) in [6, 6.07) is 10.5. The van der Waals surface area contributed by atoms with Crippen LogP contribution in [0.2, 0.25) is 5.02 Å². The normalized spacial score (nSPS) is 10.4. The van der Waals surface area contributed by atoms with Crippen LogP contribution >= 0.6 is 11.6 Å². The van der Waals surface area contributed by atoms with Gasteiger partial charge in [0.15, 0.2) is 0 Å². The van der Waals surface area contributed by atoms with E-state index in [2.05, 4.69) is 15.3 Å². The number of amides is 1. The Labute approximate surface area is 132 Å². The Morgan fingerprint density at radius 2 is 2.00 bits per heavy atom. The van der Waals surface area contributed by atoms with Gasteiger partial charge in [0.05, 0.1) is 0 Å². The van der Waals surface area contributed by atoms with Crippen LogP contribution in [0.25, 0.3) is 5.82 Å². The number of rotatable bonds is 4. The summed E-state index contributed by atoms with van der Waals surface area (Å²) < 4.78 is 1.81. The maximum atomic E-state index is 12.1. The third-order valence-electron chi connectivity index (χ3n) is 3.16. The molecule has 3 aromatic rings. The van der Waals surface area contributed by atoms with Gasteiger partial charge in [0.2, 0.25) is 0 Å². The van der Waals surface area contributed by atoms with E-state index in [1.807, 2.05) is 22.9 Å². The number of imidazole rings is 1. The molecule has 0 fully saturated rings. The van der Waals surface area contributed by atoms with Crippen LogP contribution in [0.1, 0.15) is 15.9 Å². The zero-order chi connectivity index (χ0) is 15.4. The standard InChI is InChI=1S/C16H13ClN4O/c17-14-5-3-12(4-6-14)16(22)20-10-13-2-1-7-19-15(13)21-9-8-18-11-21/h1-9,11H,10H2,(H,20,22). The molecule has 22 heavy (non-hydrogen) atoms. The van der Waals surface area contributed by atoms with Crippen molar-refractivity contribution in [2.45, 2.75) is 6.54 Å². The molecule has 0 aliphatic carbocycles. The average molecular weight is 313 g/mol. The molecule has 0 saturated heterocycles. The van der Waals surface area contributed by atoms with Gasteiger partial charge in [-0.05, 0) is 30.3 Å². The summed E-state index contributed by atoms with van der Waals surface area (Å²) in [5, 5.41) is 3.48. The largest absolute Gasteiger partial charge is 0.348 e. The number of nitrogens with zero attached hydrogens (tertiary/aromatic N) is 3. The maximum Gasteiger partial charge on any atom is 0.251 e. The Balaban J connectivity index is 1.74. The highest BCUT2D eigenvalue weighted by Gasteiger charge is 2.09. The van der Waals surface area contributed by atoms with Crippen molar-refractivity contribution in [3.05, 3.63) is 77.5 Å². The highest BCUT2D eigenvalue weighted by Crippen LogP contribution is 2.12. The number of aromatic nitrogens is 3. The molecular formula is C16H13ClN4O. The second-order valence-corrected chi connectivity index (χ2v) is 5.08. The molecule has 0 bridgehead atoms. The van der Waals surface area contributed by atoms with Crippen LogP contribution in [0, 0.1) is 0 Å². The Bertz CT molecular complexity index is 769. The zero-order valence-corrected chi connectivity index (χ0v) is 12.4. The minimum absolute atomic E-state index is 0.155. The van der Waals surface area contributed by atoms with Gasteiger partial charge < -0.3 is 5.32 Å². The zero-order valence-electron chi connectivity index (χ0n) is 11.6. The van der Waals surface area contributed by atoms with E-state index in [9.17, 15) is 4.79 Å². The van der Waals surface area contributed by atoms with Crippen LogP contribution < -0.4 is 5.32 Å². The lowest BCUT2D eigenvalue weighted by Crippen LogP contribution is -2.23. The number of hydrogen-bond acceptors (Lipinski definition) is 3. The number of hydrogen-bond donors (Lipinski definition) is 1. The van der Waals surface area contributed by atoms with Crippen molar-refractivity contribution in [1.29, 1.82) is 0 Å². The molecule has 0 radical (unpaired) electrons. The Morgan fingerprint density at radius 3 is 2.73 bits per heavy atom. The Hall–Kier alpha value is -2.66. The SMILES string of the molecule is O=C(NCc1cccnc1-n1ccnc1)c1ccc(Cl)cc1. The van der Waals surface area contributed by atoms with Crippen molar-refractivity contribution in [3.63, 3.8) is 0 Å². The summed E-state index contributed by atoms with van der Waals surface area (Å²) in [6.45, 7) is 0.378. The van der Waals surface area contributed by atoms with Crippen molar-refractivity contribution < 1.29 is 4.79 Å². The van der Waals surface area contributed by atoms with Crippen LogP contribution in [0.4, 0.5) is 0 Å². The fourth-order valence-electron chi connectivity index (χ4n) is 2.06. The molecular weight excluding hydrogens is 300 g/mol. The minimum atomic E-state index is -0.155. The first-order valence-corrected chi connectivity index (χ1v) is 7.08. The van der Waals surface area contributed by atoms with Crippen molar-refractivity contribution >= 4 is 17.5 Å². The number of pyridine rings is 1. The van der Waals surface area contributed by atoms with E-state index in [0.29, 0.717) is 17.1 Å². The van der Waals surface area contributed by atoms with Gasteiger partial charge in [-0.3, -0.25) is 9.36 Å². The Morgan fingerprint density at radius 1 is 1.18 bits per heavy atom. The molecule has 0 atom stereocenters. The molecule has 0 aliphatic heterocycles. The lowest BCUT2D eigenvalue weighted by atomic mass is 10.2. The van der Waals surface area contributed by atoms with Gasteiger partial charge >= 0.3 is 0 Å². The second kappa shape index (κ2) is 6.41. The highest BCUT2D eigenvalue weighted by molar-refractivity contribution is 6.30. The van der Waals surface area contributed by atoms with Crippen molar-refractivity contribution in [2.24, 2.45) is 0 Å². The molecule has 1 N–H and O–H groups in total. The predicted molar refractivity (Wildman–Crippen MR) is 84.0 cm³/mol. The molecule has 5 nitrogen and oxygen atoms in total. The summed E-state index contributed by atoms with van der Waals surface area (Å²) in [7, 11) is 0. The summed E-state index contributed by atoms with van der Waals surface area (Å²) in [5.74, 6) is 0.591. The first-order valence-electron chi connectivity index (χ1n) is 6.70. The van der Waals surface area contributed by atoms with Gasteiger partial charge in [-0.2, -0.15) is 0 Å². The van der Waals surface area contributed by atoms with Gasteiger partial charge in [-0.15, -0.1) is 0 Å². The Kier molecular flexibility index (Phi) is 4.16. The second-order valence-electron chi connectivity index (χ2n) is 4.65. The maximum absolute atomic E-state index is 12.1. The van der Waals surface area contributed by atoms with Crippen LogP contribution in [-0.2, 0) is 6.54 Å². The van der Waals surface area contributed by atoms with Gasteiger partial charge in [0, 0.05) is 41.3 Å². The molecule has 110 valence electrons. The van der Waals surface area contributed by atoms with E-state index >= 15 is 0 Å². The van der Waals surface area contributed by atoms with E-state index in [1.165, 1.54) is 0 Å². The van der Waals surface area contributed by atoms with E-state index < -0.39 is 0 Å². The smallest absolute Gasteiger partial charge is 0.251 e. The third-order valence-corrected chi connectivity index (χ3v) is 3.41. The molecule has 1 amide bonds. The predicted octanol–water partition coefficient (Wildman–Crippen LogP) is 2.85. The van der Waals surface area contributed by atoms with Crippen molar-refractivity contribution in [3.8, 4) is 5.82 Å². The lowest BCUT2D eigenvalue weighted by Gasteiger charge is -2.10. The van der Waals surface area contributed by atoms with E-state index in [1.54, 1.807) is 43.0 Å². The summed E-state index contributed by atoms with van der Waals surface area (Å²) in [4.78, 5) is 20.5. The van der Waals surface area contributed by atoms with E-state index in [0.717, 1.165) is 11.4 Å². The van der Waals surface area contributed by atoms with Gasteiger partial charge in [-0.25, -0.2) is 9.97 Å². The molecule has 6 heteroatoms. The number of carbonyl (C=O) groups excluding carboxylic acids is 1. The summed E-state index contributed by atoms with van der Waals surface area (Å²) in [6.07, 6.45) is 6.88. The summed E-state index contributed by atoms with van der Waals surface area (Å²) in [5.41, 5.74) is 1.47. The first-order chi connectivity index (χ1) is 10.7. The quantitative estimate of drug-likeness (QED) is 0.806. The molecule has 0 aliphatic rings. The van der Waals surface area contributed by atoms with Crippen LogP contribution in [0.3, 0.4) is 0 Å². The van der Waals surface area contributed by atoms with Crippen LogP contribution in [0.15, 0.2) is 61.3 Å². The van der Waals surface area contributed by atoms with Gasteiger partial charge in [0.1, 0.15) is 12.1 Å². The van der Waals surface area contributed by atoms with Crippen molar-refractivity contribution in [1.82, 2.24) is 19.9 Å². The topological polar surface area (TPSA) is 59.8 Å². The molecule has 0 spiro atoms. The van der Waals surface area contributed by atoms with E-state index in [-0.39, 0.29) is 5.91 Å². The van der Waals surface area contributed by atoms with E-state index in [4.69, 9.17) is 11.6 Å². The summed E-state index contributed by atoms with van der Waals surface area (Å²) >= 11 is 5.82. The number of nitrogens with one attached hydrogen (secondary N) is 1. The third kappa shape index (κ3) is 3.15. The molecule has 0 saturated carbocycles. The van der Waals surface area contributed by atoms with Gasteiger partial charge in [0.25, 0.3) is 5.91 Å². The number of benzene rings is 1. The molecule has 3 rings (SSSR count). The fourth-order valence-corrected chi connectivity index (χ4v) is 2.19. The van der Waals surface area contributed by atoms with Crippen molar-refractivity contribution in [2.75, 3.05) is 0 Å². The average Bonchev–Trinajstić information content (AvgIpc) is 3.08. The fraction of sp³-hybridized carbons (Fsp3) is 0.0625. The first kappa shape index (κ1) is 14.3. The highest BCUT2D eigenvalue weighted by atomic mass is 35.5. The molecule has 0 unspecified atom stereocenters. The van der Waals surface area contributed by atoms with Gasteiger partial charge in [-0.1, -0.05) is 17.7 Å². The molecule has 2 heterocycles. The molecule has 2 aromatic heterocycles. The lowest BCUT2D eigenvalue weighted by molar-refractivity contribution is 0.0951. The monoisotopic (exact) mass is 312 g/mol. The minimum Gasteiger partial charge on any atom is -0.348 e. The van der Waals surface area contributed by atoms with Crippen LogP contribution in [0.5, 0.6) is 0 Å². The number of halogens is 1. The molecule has 1 aromatic carbocycles. The van der Waals surface area contributed by atoms with Crippen LogP contribution in [-0.4, -0.2) is 20.4 Å². The number of carbonyl (C=O) groups is 1.